The molecule has 14 heavy (non-hydrogen) atoms. The molecular formula is C9H8F3NO. The van der Waals surface area contributed by atoms with Gasteiger partial charge in [0.05, 0.1) is 12.1 Å². The number of benzene rings is 1. The number of aldehydes is 1. The van der Waals surface area contributed by atoms with Crippen molar-refractivity contribution in [2.24, 2.45) is 0 Å². The zero-order valence-electron chi connectivity index (χ0n) is 7.14. The summed E-state index contributed by atoms with van der Waals surface area (Å²) in [6.07, 6.45) is -3.76. The van der Waals surface area contributed by atoms with E-state index >= 15 is 0 Å². The normalized spacial score (nSPS) is 11.1. The van der Waals surface area contributed by atoms with Crippen LogP contribution in [0.3, 0.4) is 0 Å². The molecule has 5 heteroatoms. The van der Waals surface area contributed by atoms with Crippen LogP contribution < -0.4 is 5.32 Å². The Balaban J connectivity index is 2.84. The Morgan fingerprint density at radius 3 is 2.64 bits per heavy atom. The molecule has 2 nitrogen and oxygen atoms in total. The first-order valence-corrected chi connectivity index (χ1v) is 3.89. The number of hydrogen-bond donors (Lipinski definition) is 1. The standard InChI is InChI=1S/C9H8F3NO/c10-9(11,12)7-2-1-3-8(6-7)13-4-5-14/h1-3,5-6,13H,4H2. The number of carbonyl (C=O) groups excluding carboxylic acids is 1. The minimum Gasteiger partial charge on any atom is -0.378 e. The third kappa shape index (κ3) is 2.76. The summed E-state index contributed by atoms with van der Waals surface area (Å²) in [5, 5.41) is 2.54. The summed E-state index contributed by atoms with van der Waals surface area (Å²) in [5.41, 5.74) is -0.444. The van der Waals surface area contributed by atoms with Gasteiger partial charge in [0, 0.05) is 5.69 Å². The summed E-state index contributed by atoms with van der Waals surface area (Å²) < 4.78 is 36.6. The van der Waals surface area contributed by atoms with E-state index in [1.807, 2.05) is 0 Å². The van der Waals surface area contributed by atoms with Crippen molar-refractivity contribution in [1.82, 2.24) is 0 Å². The lowest BCUT2D eigenvalue weighted by Crippen LogP contribution is -2.07. The van der Waals surface area contributed by atoms with Crippen molar-refractivity contribution in [3.05, 3.63) is 29.8 Å². The van der Waals surface area contributed by atoms with Crippen LogP contribution in [-0.4, -0.2) is 12.8 Å². The Morgan fingerprint density at radius 1 is 1.36 bits per heavy atom. The van der Waals surface area contributed by atoms with Crippen LogP contribution >= 0.6 is 0 Å². The van der Waals surface area contributed by atoms with Crippen molar-refractivity contribution >= 4 is 12.0 Å². The summed E-state index contributed by atoms with van der Waals surface area (Å²) in [5.74, 6) is 0. The molecule has 0 saturated carbocycles. The number of alkyl halides is 3. The average Bonchev–Trinajstić information content (AvgIpc) is 2.14. The van der Waals surface area contributed by atoms with Crippen molar-refractivity contribution in [3.8, 4) is 0 Å². The van der Waals surface area contributed by atoms with Gasteiger partial charge in [-0.3, -0.25) is 0 Å². The Kier molecular flexibility index (Phi) is 3.11. The summed E-state index contributed by atoms with van der Waals surface area (Å²) in [6.45, 7) is 0.00130. The van der Waals surface area contributed by atoms with E-state index in [0.29, 0.717) is 6.29 Å². The number of hydrogen-bond acceptors (Lipinski definition) is 2. The quantitative estimate of drug-likeness (QED) is 0.764. The number of nitrogens with one attached hydrogen (secondary N) is 1. The van der Waals surface area contributed by atoms with Gasteiger partial charge in [0.2, 0.25) is 0 Å². The third-order valence-corrected chi connectivity index (χ3v) is 1.58. The van der Waals surface area contributed by atoms with Gasteiger partial charge in [-0.05, 0) is 18.2 Å². The summed E-state index contributed by atoms with van der Waals surface area (Å²) in [4.78, 5) is 9.98. The molecule has 0 unspecified atom stereocenters. The molecule has 0 atom stereocenters. The van der Waals surface area contributed by atoms with Crippen LogP contribution in [0.1, 0.15) is 5.56 Å². The molecule has 0 aromatic heterocycles. The lowest BCUT2D eigenvalue weighted by molar-refractivity contribution is -0.137. The van der Waals surface area contributed by atoms with Crippen molar-refractivity contribution in [2.45, 2.75) is 6.18 Å². The van der Waals surface area contributed by atoms with Gasteiger partial charge in [-0.2, -0.15) is 13.2 Å². The Bertz CT molecular complexity index is 322. The van der Waals surface area contributed by atoms with Gasteiger partial charge in [-0.25, -0.2) is 0 Å². The lowest BCUT2D eigenvalue weighted by Gasteiger charge is -2.08. The number of halogens is 3. The van der Waals surface area contributed by atoms with Crippen LogP contribution in [-0.2, 0) is 11.0 Å². The second-order valence-corrected chi connectivity index (χ2v) is 2.63. The topological polar surface area (TPSA) is 29.1 Å². The maximum Gasteiger partial charge on any atom is 0.416 e. The van der Waals surface area contributed by atoms with Crippen LogP contribution in [0.25, 0.3) is 0 Å². The minimum absolute atomic E-state index is 0.00130. The number of carbonyl (C=O) groups is 1. The Morgan fingerprint density at radius 2 is 2.07 bits per heavy atom. The van der Waals surface area contributed by atoms with Crippen LogP contribution in [0, 0.1) is 0 Å². The van der Waals surface area contributed by atoms with Crippen LogP contribution in [0.2, 0.25) is 0 Å². The molecule has 0 aliphatic heterocycles. The van der Waals surface area contributed by atoms with Crippen molar-refractivity contribution in [2.75, 3.05) is 11.9 Å². The van der Waals surface area contributed by atoms with E-state index in [4.69, 9.17) is 0 Å². The number of rotatable bonds is 3. The average molecular weight is 203 g/mol. The largest absolute Gasteiger partial charge is 0.416 e. The molecule has 1 rings (SSSR count). The zero-order chi connectivity index (χ0) is 10.6. The fourth-order valence-electron chi connectivity index (χ4n) is 0.965. The van der Waals surface area contributed by atoms with Gasteiger partial charge >= 0.3 is 6.18 Å². The molecule has 76 valence electrons. The minimum atomic E-state index is -4.35. The molecule has 0 spiro atoms. The molecule has 1 aromatic carbocycles. The summed E-state index contributed by atoms with van der Waals surface area (Å²) >= 11 is 0. The second kappa shape index (κ2) is 4.13. The molecular weight excluding hydrogens is 195 g/mol. The van der Waals surface area contributed by atoms with Gasteiger partial charge in [0.15, 0.2) is 0 Å². The fourth-order valence-corrected chi connectivity index (χ4v) is 0.965. The second-order valence-electron chi connectivity index (χ2n) is 2.63. The SMILES string of the molecule is O=CCNc1cccc(C(F)(F)F)c1. The summed E-state index contributed by atoms with van der Waals surface area (Å²) in [6, 6.07) is 4.70. The monoisotopic (exact) mass is 203 g/mol. The highest BCUT2D eigenvalue weighted by molar-refractivity contribution is 5.59. The third-order valence-electron chi connectivity index (χ3n) is 1.58. The smallest absolute Gasteiger partial charge is 0.378 e. The molecule has 0 saturated heterocycles. The highest BCUT2D eigenvalue weighted by Crippen LogP contribution is 2.30. The maximum atomic E-state index is 12.2. The molecule has 0 bridgehead atoms. The fraction of sp³-hybridized carbons (Fsp3) is 0.222. The van der Waals surface area contributed by atoms with E-state index in [1.165, 1.54) is 12.1 Å². The molecule has 0 radical (unpaired) electrons. The predicted molar refractivity (Wildman–Crippen MR) is 46.0 cm³/mol. The van der Waals surface area contributed by atoms with Crippen molar-refractivity contribution in [3.63, 3.8) is 0 Å². The van der Waals surface area contributed by atoms with E-state index < -0.39 is 11.7 Å². The van der Waals surface area contributed by atoms with Crippen LogP contribution in [0.15, 0.2) is 24.3 Å². The maximum absolute atomic E-state index is 12.2. The lowest BCUT2D eigenvalue weighted by atomic mass is 10.2. The van der Waals surface area contributed by atoms with E-state index in [2.05, 4.69) is 5.32 Å². The highest BCUT2D eigenvalue weighted by atomic mass is 19.4. The first kappa shape index (κ1) is 10.6. The van der Waals surface area contributed by atoms with Gasteiger partial charge in [0.1, 0.15) is 6.29 Å². The molecule has 1 N–H and O–H groups in total. The molecule has 0 aliphatic rings. The molecule has 1 aromatic rings. The van der Waals surface area contributed by atoms with Crippen molar-refractivity contribution < 1.29 is 18.0 Å². The first-order valence-electron chi connectivity index (χ1n) is 3.89. The molecule has 0 amide bonds. The van der Waals surface area contributed by atoms with E-state index in [0.717, 1.165) is 12.1 Å². The highest BCUT2D eigenvalue weighted by Gasteiger charge is 2.30. The first-order chi connectivity index (χ1) is 6.54. The van der Waals surface area contributed by atoms with E-state index in [-0.39, 0.29) is 12.2 Å². The van der Waals surface area contributed by atoms with E-state index in [1.54, 1.807) is 0 Å². The van der Waals surface area contributed by atoms with Gasteiger partial charge < -0.3 is 10.1 Å². The predicted octanol–water partition coefficient (Wildman–Crippen LogP) is 2.32. The van der Waals surface area contributed by atoms with E-state index in [9.17, 15) is 18.0 Å². The van der Waals surface area contributed by atoms with Crippen molar-refractivity contribution in [1.29, 1.82) is 0 Å². The van der Waals surface area contributed by atoms with Crippen LogP contribution in [0.4, 0.5) is 18.9 Å². The van der Waals surface area contributed by atoms with Crippen LogP contribution in [0.5, 0.6) is 0 Å². The molecule has 0 fully saturated rings. The Labute approximate surface area is 78.7 Å². The molecule has 0 heterocycles. The van der Waals surface area contributed by atoms with Gasteiger partial charge in [-0.15, -0.1) is 0 Å². The van der Waals surface area contributed by atoms with Gasteiger partial charge in [0.25, 0.3) is 0 Å². The van der Waals surface area contributed by atoms with Gasteiger partial charge in [-0.1, -0.05) is 6.07 Å². The molecule has 0 aliphatic carbocycles. The number of anilines is 1. The summed E-state index contributed by atoms with van der Waals surface area (Å²) in [7, 11) is 0. The zero-order valence-corrected chi connectivity index (χ0v) is 7.14. The Hall–Kier alpha value is -1.52.